The number of nitrogens with zero attached hydrogens (tertiary/aromatic N) is 2. The molecule has 3 heterocycles. The largest absolute Gasteiger partial charge is 0.311 e. The summed E-state index contributed by atoms with van der Waals surface area (Å²) in [5.74, 6) is 0. The van der Waals surface area contributed by atoms with Crippen LogP contribution >= 0.6 is 11.3 Å². The molecule has 410 valence electrons. The Balaban J connectivity index is 0.979. The van der Waals surface area contributed by atoms with Gasteiger partial charge in [-0.15, -0.1) is 11.3 Å². The fourth-order valence-corrected chi connectivity index (χ4v) is 15.3. The van der Waals surface area contributed by atoms with Crippen LogP contribution in [-0.4, -0.2) is 6.71 Å². The molecular weight excluding hydrogens is 1060 g/mol. The van der Waals surface area contributed by atoms with Crippen molar-refractivity contribution in [3.63, 3.8) is 0 Å². The van der Waals surface area contributed by atoms with Crippen molar-refractivity contribution in [3.05, 3.63) is 284 Å². The number of rotatable bonds is 7. The van der Waals surface area contributed by atoms with Crippen molar-refractivity contribution in [3.8, 4) is 55.6 Å². The van der Waals surface area contributed by atoms with Gasteiger partial charge in [0.25, 0.3) is 6.71 Å². The van der Waals surface area contributed by atoms with Crippen molar-refractivity contribution >= 4 is 110 Å². The van der Waals surface area contributed by atoms with Crippen LogP contribution in [-0.2, 0) is 10.8 Å². The van der Waals surface area contributed by atoms with Gasteiger partial charge in [0.2, 0.25) is 0 Å². The van der Waals surface area contributed by atoms with Gasteiger partial charge in [-0.05, 0) is 182 Å². The van der Waals surface area contributed by atoms with E-state index in [9.17, 15) is 0 Å². The van der Waals surface area contributed by atoms with Crippen LogP contribution in [0.25, 0.3) is 98.0 Å². The van der Waals surface area contributed by atoms with Crippen molar-refractivity contribution < 1.29 is 0 Å². The molecule has 14 aromatic rings. The molecule has 4 heteroatoms. The lowest BCUT2D eigenvalue weighted by atomic mass is 9.35. The molecule has 13 aromatic carbocycles. The molecule has 16 rings (SSSR count). The number of fused-ring (bicyclic) bond motifs is 12. The molecule has 0 saturated carbocycles. The molecule has 0 radical (unpaired) electrons. The van der Waals surface area contributed by atoms with Gasteiger partial charge in [0.1, 0.15) is 0 Å². The zero-order valence-electron chi connectivity index (χ0n) is 49.4. The fraction of sp³-hybridized carbons (Fsp3) is 0.0976. The predicted molar refractivity (Wildman–Crippen MR) is 373 cm³/mol. The average Bonchev–Trinajstić information content (AvgIpc) is 1.24. The minimum atomic E-state index is -0.106. The van der Waals surface area contributed by atoms with E-state index in [0.29, 0.717) is 0 Å². The van der Waals surface area contributed by atoms with E-state index < -0.39 is 0 Å². The van der Waals surface area contributed by atoms with E-state index in [-0.39, 0.29) is 17.5 Å². The first-order chi connectivity index (χ1) is 41.9. The van der Waals surface area contributed by atoms with Gasteiger partial charge < -0.3 is 9.80 Å². The first kappa shape index (κ1) is 51.9. The molecule has 0 bridgehead atoms. The van der Waals surface area contributed by atoms with Gasteiger partial charge in [0, 0.05) is 43.2 Å². The van der Waals surface area contributed by atoms with Crippen LogP contribution in [0.4, 0.5) is 34.1 Å². The van der Waals surface area contributed by atoms with E-state index in [1.54, 1.807) is 0 Å². The van der Waals surface area contributed by atoms with Gasteiger partial charge >= 0.3 is 0 Å². The minimum absolute atomic E-state index is 0.0709. The summed E-state index contributed by atoms with van der Waals surface area (Å²) in [6, 6.07) is 103. The molecule has 86 heavy (non-hydrogen) atoms. The highest BCUT2D eigenvalue weighted by atomic mass is 32.1. The van der Waals surface area contributed by atoms with Crippen molar-refractivity contribution in [2.24, 2.45) is 0 Å². The Bertz CT molecular complexity index is 4960. The molecule has 0 N–H and O–H groups in total. The van der Waals surface area contributed by atoms with Crippen LogP contribution in [0.5, 0.6) is 0 Å². The van der Waals surface area contributed by atoms with Crippen LogP contribution in [0.15, 0.2) is 273 Å². The smallest absolute Gasteiger partial charge is 0.265 e. The average molecular weight is 1120 g/mol. The topological polar surface area (TPSA) is 6.48 Å². The van der Waals surface area contributed by atoms with Crippen molar-refractivity contribution in [2.45, 2.75) is 52.4 Å². The van der Waals surface area contributed by atoms with Crippen molar-refractivity contribution in [1.82, 2.24) is 0 Å². The SMILES string of the molecule is CC(C)(C)c1ccc(N2c3cccc4c3B(c3sc5ccc(C(C)(C)C)cc5c32)c2c(-c3ccccc3)cc(-c3ccccc3)cc2N4c2ccc(-c3ccc(-c4ccccc4)cc3)cc2)c(-c2ccc3c4ccccc4c4ccccc4c3c2)c1. The highest BCUT2D eigenvalue weighted by Crippen LogP contribution is 2.53. The Morgan fingerprint density at radius 2 is 0.767 bits per heavy atom. The monoisotopic (exact) mass is 1120 g/mol. The number of anilines is 6. The van der Waals surface area contributed by atoms with Gasteiger partial charge in [0.05, 0.1) is 11.4 Å². The number of hydrogen-bond donors (Lipinski definition) is 0. The molecule has 0 atom stereocenters. The third-order valence-electron chi connectivity index (χ3n) is 18.4. The van der Waals surface area contributed by atoms with Gasteiger partial charge in [-0.2, -0.15) is 0 Å². The second-order valence-electron chi connectivity index (χ2n) is 25.6. The fourth-order valence-electron chi connectivity index (χ4n) is 14.0. The number of thiophene rings is 1. The zero-order valence-corrected chi connectivity index (χ0v) is 50.2. The quantitative estimate of drug-likeness (QED) is 0.116. The van der Waals surface area contributed by atoms with Crippen LogP contribution in [0.2, 0.25) is 0 Å². The summed E-state index contributed by atoms with van der Waals surface area (Å²) in [5, 5.41) is 8.94. The van der Waals surface area contributed by atoms with E-state index >= 15 is 0 Å². The second kappa shape index (κ2) is 19.9. The van der Waals surface area contributed by atoms with Crippen molar-refractivity contribution in [1.29, 1.82) is 0 Å². The molecule has 0 amide bonds. The molecule has 2 aliphatic heterocycles. The molecule has 0 aliphatic carbocycles. The third-order valence-corrected chi connectivity index (χ3v) is 19.6. The lowest BCUT2D eigenvalue weighted by Gasteiger charge is -2.44. The normalized spacial score (nSPS) is 12.9. The van der Waals surface area contributed by atoms with E-state index in [0.717, 1.165) is 5.69 Å². The maximum absolute atomic E-state index is 2.69. The molecule has 0 saturated heterocycles. The van der Waals surface area contributed by atoms with Gasteiger partial charge in [-0.3, -0.25) is 0 Å². The van der Waals surface area contributed by atoms with Crippen LogP contribution in [0, 0.1) is 0 Å². The summed E-state index contributed by atoms with van der Waals surface area (Å²) in [4.78, 5) is 5.27. The Labute approximate surface area is 509 Å². The number of hydrogen-bond acceptors (Lipinski definition) is 3. The van der Waals surface area contributed by atoms with Gasteiger partial charge in [0.15, 0.2) is 0 Å². The van der Waals surface area contributed by atoms with Crippen LogP contribution < -0.4 is 25.5 Å². The van der Waals surface area contributed by atoms with E-state index in [1.807, 2.05) is 11.3 Å². The molecule has 0 unspecified atom stereocenters. The second-order valence-corrected chi connectivity index (χ2v) is 26.7. The Hall–Kier alpha value is -9.74. The summed E-state index contributed by atoms with van der Waals surface area (Å²) in [6.45, 7) is 14.0. The Kier molecular flexibility index (Phi) is 12.0. The Morgan fingerprint density at radius 3 is 1.36 bits per heavy atom. The standard InChI is InChI=1S/C82H63BN2S/c1-81(2,3)60-40-45-72(68(50-60)58-39-44-67-65-29-17-16-27-63(65)64-28-18-19-30-66(64)70(67)47-58)85-74-32-20-31-73-78(74)83(80-79(85)71-51-61(82(4,5)6)41-46-76(71)86-80)77-69(57-25-14-9-15-26-57)48-59(53-23-12-8-13-24-53)49-75(77)84(73)62-42-37-56(38-43-62)55-35-33-54(34-36-55)52-21-10-7-11-22-52/h7-51H,1-6H3. The molecule has 2 nitrogen and oxygen atoms in total. The van der Waals surface area contributed by atoms with E-state index in [4.69, 9.17) is 0 Å². The first-order valence-electron chi connectivity index (χ1n) is 30.3. The number of benzene rings is 13. The first-order valence-corrected chi connectivity index (χ1v) is 31.1. The van der Waals surface area contributed by atoms with E-state index in [1.165, 1.54) is 153 Å². The molecule has 0 spiro atoms. The Morgan fingerprint density at radius 1 is 0.291 bits per heavy atom. The molecule has 0 fully saturated rings. The van der Waals surface area contributed by atoms with Gasteiger partial charge in [-0.25, -0.2) is 0 Å². The summed E-state index contributed by atoms with van der Waals surface area (Å²) < 4.78 is 2.64. The summed E-state index contributed by atoms with van der Waals surface area (Å²) in [6.07, 6.45) is 0. The lowest BCUT2D eigenvalue weighted by molar-refractivity contribution is 0.590. The maximum Gasteiger partial charge on any atom is 0.265 e. The zero-order chi connectivity index (χ0) is 58.0. The van der Waals surface area contributed by atoms with Crippen molar-refractivity contribution in [2.75, 3.05) is 9.80 Å². The lowest BCUT2D eigenvalue weighted by Crippen LogP contribution is -2.61. The highest BCUT2D eigenvalue weighted by Gasteiger charge is 2.47. The van der Waals surface area contributed by atoms with Crippen LogP contribution in [0.1, 0.15) is 52.7 Å². The predicted octanol–water partition coefficient (Wildman–Crippen LogP) is 21.4. The third kappa shape index (κ3) is 8.44. The molecule has 2 aliphatic rings. The van der Waals surface area contributed by atoms with Gasteiger partial charge in [-0.1, -0.05) is 248 Å². The summed E-state index contributed by atoms with van der Waals surface area (Å²) in [5.41, 5.74) is 24.2. The summed E-state index contributed by atoms with van der Waals surface area (Å²) in [7, 11) is 0. The van der Waals surface area contributed by atoms with E-state index in [2.05, 4.69) is 324 Å². The maximum atomic E-state index is 2.69. The minimum Gasteiger partial charge on any atom is -0.311 e. The summed E-state index contributed by atoms with van der Waals surface area (Å²) >= 11 is 1.97. The molecule has 1 aromatic heterocycles. The molecular formula is C82H63BN2S. The highest BCUT2D eigenvalue weighted by molar-refractivity contribution is 7.34. The van der Waals surface area contributed by atoms with Crippen LogP contribution in [0.3, 0.4) is 0 Å².